The second-order valence-electron chi connectivity index (χ2n) is 11.9. The zero-order valence-corrected chi connectivity index (χ0v) is 24.7. The fraction of sp³-hybridized carbons (Fsp3) is 0.211. The molecule has 0 N–H and O–H groups in total. The summed E-state index contributed by atoms with van der Waals surface area (Å²) in [7, 11) is 6.59. The Morgan fingerprint density at radius 3 is 0.818 bits per heavy atom. The molecular weight excluding hydrogens is 552 g/mol. The summed E-state index contributed by atoms with van der Waals surface area (Å²) in [6.45, 7) is 0. The van der Waals surface area contributed by atoms with Gasteiger partial charge in [0.15, 0.2) is 11.6 Å². The molecule has 216 valence electrons. The summed E-state index contributed by atoms with van der Waals surface area (Å²) >= 11 is 0. The molecule has 0 heterocycles. The Bertz CT molecular complexity index is 1790. The Balaban J connectivity index is 1.36. The van der Waals surface area contributed by atoms with E-state index in [0.717, 1.165) is 44.5 Å². The largest absolute Gasteiger partial charge is 0.496 e. The molecular formula is C38H28O6. The van der Waals surface area contributed by atoms with E-state index in [-0.39, 0.29) is 11.6 Å². The molecule has 4 atom stereocenters. The fourth-order valence-corrected chi connectivity index (χ4v) is 8.92. The second kappa shape index (κ2) is 8.73. The van der Waals surface area contributed by atoms with Crippen LogP contribution in [-0.2, 0) is 9.59 Å². The van der Waals surface area contributed by atoms with Crippen molar-refractivity contribution in [2.45, 2.75) is 23.7 Å². The van der Waals surface area contributed by atoms with Crippen LogP contribution in [-0.4, -0.2) is 40.0 Å². The number of hydrogen-bond acceptors (Lipinski definition) is 6. The van der Waals surface area contributed by atoms with Crippen molar-refractivity contribution in [2.75, 3.05) is 28.4 Å². The highest BCUT2D eigenvalue weighted by molar-refractivity contribution is 6.30. The van der Waals surface area contributed by atoms with Crippen molar-refractivity contribution in [3.05, 3.63) is 140 Å². The van der Waals surface area contributed by atoms with E-state index in [9.17, 15) is 0 Å². The smallest absolute Gasteiger partial charge is 0.187 e. The van der Waals surface area contributed by atoms with Crippen LogP contribution in [0.4, 0.5) is 0 Å². The zero-order chi connectivity index (χ0) is 30.0. The Kier molecular flexibility index (Phi) is 5.04. The van der Waals surface area contributed by atoms with Crippen LogP contribution in [0.15, 0.2) is 95.1 Å². The van der Waals surface area contributed by atoms with E-state index >= 15 is 9.59 Å². The summed E-state index contributed by atoms with van der Waals surface area (Å²) in [6, 6.07) is 23.9. The lowest BCUT2D eigenvalue weighted by Crippen LogP contribution is -2.44. The fourth-order valence-electron chi connectivity index (χ4n) is 8.92. The highest BCUT2D eigenvalue weighted by Crippen LogP contribution is 2.67. The molecule has 6 nitrogen and oxygen atoms in total. The van der Waals surface area contributed by atoms with Gasteiger partial charge < -0.3 is 18.9 Å². The molecule has 7 aliphatic carbocycles. The number of rotatable bonds is 4. The van der Waals surface area contributed by atoms with Crippen LogP contribution in [0.1, 0.15) is 68.2 Å². The lowest BCUT2D eigenvalue weighted by molar-refractivity contribution is -0.117. The Hall–Kier alpha value is -5.10. The number of Topliss-reactive ketones (excluding diaryl/α,β-unsaturated/α-hetero) is 2. The van der Waals surface area contributed by atoms with Gasteiger partial charge in [-0.15, -0.1) is 0 Å². The first-order chi connectivity index (χ1) is 21.5. The van der Waals surface area contributed by atoms with Gasteiger partial charge in [-0.1, -0.05) is 48.5 Å². The van der Waals surface area contributed by atoms with Crippen LogP contribution in [0.5, 0.6) is 23.0 Å². The molecule has 7 aliphatic rings. The van der Waals surface area contributed by atoms with Crippen LogP contribution in [0.3, 0.4) is 0 Å². The molecule has 0 fully saturated rings. The van der Waals surface area contributed by atoms with E-state index < -0.39 is 23.7 Å². The van der Waals surface area contributed by atoms with Crippen molar-refractivity contribution in [3.8, 4) is 23.0 Å². The van der Waals surface area contributed by atoms with Crippen molar-refractivity contribution in [1.29, 1.82) is 0 Å². The summed E-state index contributed by atoms with van der Waals surface area (Å²) in [6.07, 6.45) is 0. The Morgan fingerprint density at radius 1 is 0.386 bits per heavy atom. The van der Waals surface area contributed by atoms with Crippen LogP contribution in [0.2, 0.25) is 0 Å². The molecule has 6 heteroatoms. The minimum Gasteiger partial charge on any atom is -0.496 e. The van der Waals surface area contributed by atoms with Gasteiger partial charge in [-0.2, -0.15) is 0 Å². The van der Waals surface area contributed by atoms with Crippen molar-refractivity contribution < 1.29 is 28.5 Å². The summed E-state index contributed by atoms with van der Waals surface area (Å²) in [4.78, 5) is 30.5. The number of methoxy groups -OCH3 is 4. The molecule has 0 radical (unpaired) electrons. The molecule has 0 unspecified atom stereocenters. The number of benzene rings is 4. The second-order valence-corrected chi connectivity index (χ2v) is 11.9. The van der Waals surface area contributed by atoms with Gasteiger partial charge in [0.1, 0.15) is 23.0 Å². The van der Waals surface area contributed by atoms with Crippen LogP contribution < -0.4 is 18.9 Å². The van der Waals surface area contributed by atoms with Gasteiger partial charge in [0.05, 0.1) is 28.4 Å². The topological polar surface area (TPSA) is 71.1 Å². The number of carbonyl (C=O) groups is 2. The minimum atomic E-state index is -0.459. The standard InChI is InChI=1S/C38H28O6/c1-41-21-13-14-22(42-2)30-26-18-10-6-5-9-17(18)25(29(21)30)33-34(26)38(40)36-28-20-12-8-7-11-19(20)27(35(36)37(33)39)31-23(43-3)15-16-24(44-4)32(28)31/h5-16,25-28H,1-4H3/t25-,26+,27-,28+. The molecule has 4 aromatic rings. The molecule has 11 rings (SSSR count). The van der Waals surface area contributed by atoms with E-state index in [4.69, 9.17) is 18.9 Å². The quantitative estimate of drug-likeness (QED) is 0.262. The molecule has 0 saturated heterocycles. The third kappa shape index (κ3) is 2.78. The average Bonchev–Trinajstić information content (AvgIpc) is 3.08. The molecule has 4 aromatic carbocycles. The van der Waals surface area contributed by atoms with Crippen molar-refractivity contribution >= 4 is 11.6 Å². The van der Waals surface area contributed by atoms with E-state index in [0.29, 0.717) is 45.3 Å². The number of carbonyl (C=O) groups excluding carboxylic acids is 2. The molecule has 0 saturated carbocycles. The maximum atomic E-state index is 15.3. The summed E-state index contributed by atoms with van der Waals surface area (Å²) in [5.41, 5.74) is 9.97. The first kappa shape index (κ1) is 25.4. The summed E-state index contributed by atoms with van der Waals surface area (Å²) in [5, 5.41) is 0. The number of hydrogen-bond donors (Lipinski definition) is 0. The van der Waals surface area contributed by atoms with E-state index in [2.05, 4.69) is 24.3 Å². The molecule has 44 heavy (non-hydrogen) atoms. The minimum absolute atomic E-state index is 0.0744. The predicted molar refractivity (Wildman–Crippen MR) is 163 cm³/mol. The zero-order valence-electron chi connectivity index (χ0n) is 24.7. The highest BCUT2D eigenvalue weighted by Gasteiger charge is 2.58. The molecule has 0 spiro atoms. The van der Waals surface area contributed by atoms with Gasteiger partial charge in [-0.25, -0.2) is 0 Å². The predicted octanol–water partition coefficient (Wildman–Crippen LogP) is 6.35. The molecule has 4 bridgehead atoms. The first-order valence-electron chi connectivity index (χ1n) is 14.8. The molecule has 0 aromatic heterocycles. The van der Waals surface area contributed by atoms with Crippen LogP contribution in [0, 0.1) is 0 Å². The van der Waals surface area contributed by atoms with Gasteiger partial charge in [0.25, 0.3) is 0 Å². The Morgan fingerprint density at radius 2 is 0.614 bits per heavy atom. The van der Waals surface area contributed by atoms with Crippen LogP contribution >= 0.6 is 0 Å². The van der Waals surface area contributed by atoms with Gasteiger partial charge >= 0.3 is 0 Å². The number of ketones is 2. The number of allylic oxidation sites excluding steroid dienone is 4. The van der Waals surface area contributed by atoms with Gasteiger partial charge in [-0.05, 0) is 46.5 Å². The maximum absolute atomic E-state index is 15.3. The van der Waals surface area contributed by atoms with Crippen molar-refractivity contribution in [1.82, 2.24) is 0 Å². The lowest BCUT2D eigenvalue weighted by Gasteiger charge is -2.50. The maximum Gasteiger partial charge on any atom is 0.187 e. The Labute approximate surface area is 254 Å². The third-order valence-corrected chi connectivity index (χ3v) is 10.4. The molecule has 0 aliphatic heterocycles. The van der Waals surface area contributed by atoms with E-state index in [1.54, 1.807) is 28.4 Å². The first-order valence-corrected chi connectivity index (χ1v) is 14.8. The van der Waals surface area contributed by atoms with Gasteiger partial charge in [0, 0.05) is 68.2 Å². The summed E-state index contributed by atoms with van der Waals surface area (Å²) in [5.74, 6) is 0.752. The van der Waals surface area contributed by atoms with Crippen molar-refractivity contribution in [2.24, 2.45) is 0 Å². The van der Waals surface area contributed by atoms with Gasteiger partial charge in [-0.3, -0.25) is 9.59 Å². The van der Waals surface area contributed by atoms with E-state index in [1.165, 1.54) is 0 Å². The normalized spacial score (nSPS) is 22.9. The van der Waals surface area contributed by atoms with Gasteiger partial charge in [0.2, 0.25) is 0 Å². The monoisotopic (exact) mass is 580 g/mol. The van der Waals surface area contributed by atoms with Crippen LogP contribution in [0.25, 0.3) is 0 Å². The number of ether oxygens (including phenoxy) is 4. The third-order valence-electron chi connectivity index (χ3n) is 10.4. The summed E-state index contributed by atoms with van der Waals surface area (Å²) < 4.78 is 23.6. The average molecular weight is 581 g/mol. The SMILES string of the molecule is COc1ccc(OC)c2c1[C@@H]1C3=C(C(=O)C4=C(C3=O)[C@@H]3c5ccccc5[C@H]4c4c(OC)ccc(OC)c43)[C@H]2c2ccccc21. The lowest BCUT2D eigenvalue weighted by atomic mass is 9.51. The van der Waals surface area contributed by atoms with E-state index in [1.807, 2.05) is 48.5 Å². The molecule has 0 amide bonds. The highest BCUT2D eigenvalue weighted by atomic mass is 16.5. The van der Waals surface area contributed by atoms with Crippen molar-refractivity contribution in [3.63, 3.8) is 0 Å².